The summed E-state index contributed by atoms with van der Waals surface area (Å²) < 4.78 is 49.1. The third-order valence-electron chi connectivity index (χ3n) is 4.48. The Hall–Kier alpha value is -3.04. The minimum atomic E-state index is -3.35. The van der Waals surface area contributed by atoms with Gasteiger partial charge in [0, 0.05) is 23.6 Å². The number of imidazole rings is 1. The lowest BCUT2D eigenvalue weighted by Gasteiger charge is -2.07. The van der Waals surface area contributed by atoms with Gasteiger partial charge in [0.25, 0.3) is 0 Å². The molecule has 0 fully saturated rings. The van der Waals surface area contributed by atoms with E-state index < -0.39 is 19.7 Å². The SMILES string of the molecule is CS(=O)(=O)c1cccc(-c2ccc3ncc(-c4cccc(S(C)(=O)=O)c4)n3n2)c1. The van der Waals surface area contributed by atoms with E-state index in [2.05, 4.69) is 10.1 Å². The monoisotopic (exact) mass is 427 g/mol. The molecule has 0 bridgehead atoms. The summed E-state index contributed by atoms with van der Waals surface area (Å²) in [6.07, 6.45) is 3.94. The molecule has 0 saturated carbocycles. The Labute approximate surface area is 168 Å². The van der Waals surface area contributed by atoms with Crippen LogP contribution in [-0.2, 0) is 19.7 Å². The second-order valence-electron chi connectivity index (χ2n) is 6.73. The number of aromatic nitrogens is 3. The highest BCUT2D eigenvalue weighted by molar-refractivity contribution is 7.91. The van der Waals surface area contributed by atoms with Crippen molar-refractivity contribution in [3.63, 3.8) is 0 Å². The summed E-state index contributed by atoms with van der Waals surface area (Å²) in [7, 11) is -6.69. The van der Waals surface area contributed by atoms with Crippen LogP contribution in [-0.4, -0.2) is 43.9 Å². The fourth-order valence-electron chi connectivity index (χ4n) is 3.00. The van der Waals surface area contributed by atoms with Gasteiger partial charge in [-0.05, 0) is 36.4 Å². The van der Waals surface area contributed by atoms with Crippen molar-refractivity contribution in [1.82, 2.24) is 14.6 Å². The normalized spacial score (nSPS) is 12.3. The lowest BCUT2D eigenvalue weighted by molar-refractivity contribution is 0.600. The predicted octanol–water partition coefficient (Wildman–Crippen LogP) is 2.87. The number of rotatable bonds is 4. The Morgan fingerprint density at radius 1 is 0.759 bits per heavy atom. The van der Waals surface area contributed by atoms with E-state index >= 15 is 0 Å². The molecule has 4 rings (SSSR count). The van der Waals surface area contributed by atoms with Gasteiger partial charge in [0.05, 0.1) is 27.4 Å². The molecule has 9 heteroatoms. The van der Waals surface area contributed by atoms with E-state index in [-0.39, 0.29) is 9.79 Å². The van der Waals surface area contributed by atoms with Gasteiger partial charge in [0.2, 0.25) is 0 Å². The van der Waals surface area contributed by atoms with Gasteiger partial charge in [0.1, 0.15) is 0 Å². The van der Waals surface area contributed by atoms with Gasteiger partial charge < -0.3 is 0 Å². The molecule has 0 amide bonds. The summed E-state index contributed by atoms with van der Waals surface area (Å²) in [5.74, 6) is 0. The molecule has 29 heavy (non-hydrogen) atoms. The zero-order chi connectivity index (χ0) is 20.8. The van der Waals surface area contributed by atoms with Crippen molar-refractivity contribution < 1.29 is 16.8 Å². The molecular weight excluding hydrogens is 410 g/mol. The largest absolute Gasteiger partial charge is 0.235 e. The van der Waals surface area contributed by atoms with Gasteiger partial charge in [-0.25, -0.2) is 26.3 Å². The second kappa shape index (κ2) is 6.78. The van der Waals surface area contributed by atoms with Crippen molar-refractivity contribution in [3.8, 4) is 22.5 Å². The Kier molecular flexibility index (Phi) is 4.51. The molecule has 0 radical (unpaired) electrons. The summed E-state index contributed by atoms with van der Waals surface area (Å²) in [4.78, 5) is 4.76. The van der Waals surface area contributed by atoms with Gasteiger partial charge in [-0.2, -0.15) is 5.10 Å². The number of fused-ring (bicyclic) bond motifs is 1. The number of sulfone groups is 2. The van der Waals surface area contributed by atoms with Crippen molar-refractivity contribution >= 4 is 25.3 Å². The van der Waals surface area contributed by atoms with Crippen molar-refractivity contribution in [3.05, 3.63) is 66.9 Å². The standard InChI is InChI=1S/C20H17N3O4S2/c1-28(24,25)16-7-3-5-14(11-16)18-9-10-20-21-13-19(23(20)22-18)15-6-4-8-17(12-15)29(2,26)27/h3-13H,1-2H3. The predicted molar refractivity (Wildman–Crippen MR) is 110 cm³/mol. The molecule has 0 N–H and O–H groups in total. The second-order valence-corrected chi connectivity index (χ2v) is 10.8. The first kappa shape index (κ1) is 19.3. The van der Waals surface area contributed by atoms with Crippen LogP contribution in [0.1, 0.15) is 0 Å². The van der Waals surface area contributed by atoms with Crippen molar-refractivity contribution in [2.24, 2.45) is 0 Å². The van der Waals surface area contributed by atoms with Crippen LogP contribution in [0.5, 0.6) is 0 Å². The number of nitrogens with zero attached hydrogens (tertiary/aromatic N) is 3. The molecule has 2 heterocycles. The minimum absolute atomic E-state index is 0.210. The van der Waals surface area contributed by atoms with Gasteiger partial charge in [-0.15, -0.1) is 0 Å². The third-order valence-corrected chi connectivity index (χ3v) is 6.70. The maximum Gasteiger partial charge on any atom is 0.175 e. The highest BCUT2D eigenvalue weighted by atomic mass is 32.2. The van der Waals surface area contributed by atoms with Crippen LogP contribution < -0.4 is 0 Å². The molecule has 148 valence electrons. The Morgan fingerprint density at radius 2 is 1.34 bits per heavy atom. The quantitative estimate of drug-likeness (QED) is 0.497. The van der Waals surface area contributed by atoms with Crippen LogP contribution in [0, 0.1) is 0 Å². The molecule has 0 atom stereocenters. The Morgan fingerprint density at radius 3 is 1.97 bits per heavy atom. The Balaban J connectivity index is 1.87. The van der Waals surface area contributed by atoms with Gasteiger partial charge in [0.15, 0.2) is 25.3 Å². The van der Waals surface area contributed by atoms with E-state index in [0.29, 0.717) is 28.2 Å². The van der Waals surface area contributed by atoms with Crippen LogP contribution in [0.3, 0.4) is 0 Å². The van der Waals surface area contributed by atoms with E-state index in [0.717, 1.165) is 12.5 Å². The van der Waals surface area contributed by atoms with Crippen molar-refractivity contribution in [1.29, 1.82) is 0 Å². The first-order chi connectivity index (χ1) is 13.6. The van der Waals surface area contributed by atoms with Crippen LogP contribution in [0.25, 0.3) is 28.2 Å². The van der Waals surface area contributed by atoms with Crippen molar-refractivity contribution in [2.45, 2.75) is 9.79 Å². The van der Waals surface area contributed by atoms with E-state index in [9.17, 15) is 16.8 Å². The number of benzene rings is 2. The molecule has 0 aliphatic carbocycles. The fraction of sp³-hybridized carbons (Fsp3) is 0.100. The van der Waals surface area contributed by atoms with Crippen LogP contribution in [0.2, 0.25) is 0 Å². The van der Waals surface area contributed by atoms with E-state index in [1.807, 2.05) is 0 Å². The van der Waals surface area contributed by atoms with Crippen molar-refractivity contribution in [2.75, 3.05) is 12.5 Å². The summed E-state index contributed by atoms with van der Waals surface area (Å²) in [5, 5.41) is 4.61. The lowest BCUT2D eigenvalue weighted by atomic mass is 10.1. The molecule has 7 nitrogen and oxygen atoms in total. The molecule has 0 aliphatic rings. The molecule has 0 unspecified atom stereocenters. The van der Waals surface area contributed by atoms with Crippen LogP contribution in [0.15, 0.2) is 76.7 Å². The van der Waals surface area contributed by atoms with E-state index in [4.69, 9.17) is 0 Å². The van der Waals surface area contributed by atoms with Gasteiger partial charge in [-0.1, -0.05) is 24.3 Å². The summed E-state index contributed by atoms with van der Waals surface area (Å²) >= 11 is 0. The van der Waals surface area contributed by atoms with Crippen LogP contribution >= 0.6 is 0 Å². The first-order valence-corrected chi connectivity index (χ1v) is 12.4. The highest BCUT2D eigenvalue weighted by Crippen LogP contribution is 2.26. The fourth-order valence-corrected chi connectivity index (χ4v) is 4.33. The number of hydrogen-bond donors (Lipinski definition) is 0. The average Bonchev–Trinajstić information content (AvgIpc) is 3.10. The zero-order valence-electron chi connectivity index (χ0n) is 15.6. The van der Waals surface area contributed by atoms with Gasteiger partial charge in [-0.3, -0.25) is 0 Å². The third kappa shape index (κ3) is 3.79. The van der Waals surface area contributed by atoms with Gasteiger partial charge >= 0.3 is 0 Å². The molecule has 0 spiro atoms. The topological polar surface area (TPSA) is 98.5 Å². The van der Waals surface area contributed by atoms with Crippen LogP contribution in [0.4, 0.5) is 0 Å². The van der Waals surface area contributed by atoms with E-state index in [1.165, 1.54) is 12.1 Å². The zero-order valence-corrected chi connectivity index (χ0v) is 17.3. The maximum absolute atomic E-state index is 11.9. The lowest BCUT2D eigenvalue weighted by Crippen LogP contribution is -2.00. The maximum atomic E-state index is 11.9. The average molecular weight is 428 g/mol. The number of hydrogen-bond acceptors (Lipinski definition) is 6. The molecule has 0 saturated heterocycles. The molecular formula is C20H17N3O4S2. The highest BCUT2D eigenvalue weighted by Gasteiger charge is 2.14. The molecule has 4 aromatic rings. The molecule has 0 aliphatic heterocycles. The molecule has 2 aromatic heterocycles. The summed E-state index contributed by atoms with van der Waals surface area (Å²) in [6.45, 7) is 0. The minimum Gasteiger partial charge on any atom is -0.235 e. The smallest absolute Gasteiger partial charge is 0.175 e. The first-order valence-electron chi connectivity index (χ1n) is 8.59. The van der Waals surface area contributed by atoms with E-state index in [1.54, 1.807) is 59.2 Å². The molecule has 2 aromatic carbocycles. The summed E-state index contributed by atoms with van der Waals surface area (Å²) in [6, 6.07) is 16.7. The summed E-state index contributed by atoms with van der Waals surface area (Å²) in [5.41, 5.74) is 3.11. The Bertz CT molecular complexity index is 1460.